The molecule has 0 bridgehead atoms. The van der Waals surface area contributed by atoms with Gasteiger partial charge in [-0.3, -0.25) is 4.90 Å². The average molecular weight is 347 g/mol. The summed E-state index contributed by atoms with van der Waals surface area (Å²) < 4.78 is 5.98. The summed E-state index contributed by atoms with van der Waals surface area (Å²) in [7, 11) is 0. The summed E-state index contributed by atoms with van der Waals surface area (Å²) in [5.41, 5.74) is 3.16. The summed E-state index contributed by atoms with van der Waals surface area (Å²) in [5.74, 6) is 0.603. The number of pyridine rings is 1. The van der Waals surface area contributed by atoms with Crippen molar-refractivity contribution in [3.8, 4) is 0 Å². The number of hydrogen-bond acceptors (Lipinski definition) is 3. The first-order valence-electron chi connectivity index (χ1n) is 8.92. The highest BCUT2D eigenvalue weighted by Gasteiger charge is 2.21. The van der Waals surface area contributed by atoms with Crippen molar-refractivity contribution in [1.29, 1.82) is 0 Å². The minimum absolute atomic E-state index is 0.408. The number of aromatic nitrogens is 1. The lowest BCUT2D eigenvalue weighted by Gasteiger charge is -2.32. The van der Waals surface area contributed by atoms with E-state index in [1.165, 1.54) is 0 Å². The van der Waals surface area contributed by atoms with E-state index in [1.54, 1.807) is 0 Å². The van der Waals surface area contributed by atoms with Gasteiger partial charge in [-0.15, -0.1) is 0 Å². The van der Waals surface area contributed by atoms with Gasteiger partial charge in [0.15, 0.2) is 0 Å². The van der Waals surface area contributed by atoms with Gasteiger partial charge in [0.2, 0.25) is 0 Å². The van der Waals surface area contributed by atoms with Gasteiger partial charge in [0.25, 0.3) is 0 Å². The molecule has 1 aliphatic heterocycles. The number of piperidine rings is 1. The molecule has 0 N–H and O–H groups in total. The zero-order valence-electron chi connectivity index (χ0n) is 14.9. The second kappa shape index (κ2) is 7.81. The third-order valence-electron chi connectivity index (χ3n) is 4.72. The van der Waals surface area contributed by atoms with Crippen LogP contribution in [0.3, 0.4) is 0 Å². The quantitative estimate of drug-likeness (QED) is 0.775. The van der Waals surface area contributed by atoms with Crippen LogP contribution in [-0.4, -0.2) is 35.7 Å². The maximum absolute atomic E-state index is 6.59. The summed E-state index contributed by atoms with van der Waals surface area (Å²) in [4.78, 5) is 7.25. The summed E-state index contributed by atoms with van der Waals surface area (Å²) in [6.07, 6.45) is 2.60. The molecule has 3 nitrogen and oxygen atoms in total. The molecule has 0 radical (unpaired) electrons. The van der Waals surface area contributed by atoms with Gasteiger partial charge in [-0.2, -0.15) is 0 Å². The van der Waals surface area contributed by atoms with E-state index in [0.29, 0.717) is 12.0 Å². The molecule has 130 valence electrons. The van der Waals surface area contributed by atoms with E-state index in [1.807, 2.05) is 12.1 Å². The Labute approximate surface area is 150 Å². The van der Waals surface area contributed by atoms with E-state index >= 15 is 0 Å². The van der Waals surface area contributed by atoms with Crippen LogP contribution in [0.1, 0.15) is 37.9 Å². The zero-order valence-corrected chi connectivity index (χ0v) is 15.6. The topological polar surface area (TPSA) is 25.4 Å². The zero-order chi connectivity index (χ0) is 17.1. The first kappa shape index (κ1) is 17.7. The van der Waals surface area contributed by atoms with Crippen molar-refractivity contribution in [2.24, 2.45) is 5.92 Å². The first-order valence-corrected chi connectivity index (χ1v) is 9.30. The monoisotopic (exact) mass is 346 g/mol. The normalized spacial score (nSPS) is 17.0. The molecule has 0 spiro atoms. The van der Waals surface area contributed by atoms with Crippen LogP contribution in [0.15, 0.2) is 24.3 Å². The van der Waals surface area contributed by atoms with Crippen molar-refractivity contribution in [3.05, 3.63) is 40.5 Å². The van der Waals surface area contributed by atoms with Gasteiger partial charge in [-0.1, -0.05) is 43.6 Å². The molecular formula is C20H27ClN2O. The molecular weight excluding hydrogens is 320 g/mol. The number of ether oxygens (including phenoxy) is 1. The van der Waals surface area contributed by atoms with E-state index in [0.717, 1.165) is 66.3 Å². The highest BCUT2D eigenvalue weighted by atomic mass is 35.5. The second-order valence-corrected chi connectivity index (χ2v) is 7.60. The van der Waals surface area contributed by atoms with Crippen molar-refractivity contribution in [2.45, 2.75) is 46.3 Å². The smallest absolute Gasteiger partial charge is 0.0740 e. The fraction of sp³-hybridized carbons (Fsp3) is 0.550. The van der Waals surface area contributed by atoms with Crippen molar-refractivity contribution in [3.63, 3.8) is 0 Å². The highest BCUT2D eigenvalue weighted by Crippen LogP contribution is 2.28. The third-order valence-corrected chi connectivity index (χ3v) is 5.22. The molecule has 1 saturated heterocycles. The molecule has 0 saturated carbocycles. The van der Waals surface area contributed by atoms with E-state index in [9.17, 15) is 0 Å². The molecule has 4 heteroatoms. The number of rotatable bonds is 5. The minimum atomic E-state index is 0.408. The van der Waals surface area contributed by atoms with Crippen LogP contribution in [0.5, 0.6) is 0 Å². The molecule has 1 fully saturated rings. The maximum Gasteiger partial charge on any atom is 0.0740 e. The molecule has 1 aliphatic rings. The Hall–Kier alpha value is -1.16. The average Bonchev–Trinajstić information content (AvgIpc) is 2.59. The van der Waals surface area contributed by atoms with Gasteiger partial charge >= 0.3 is 0 Å². The fourth-order valence-electron chi connectivity index (χ4n) is 3.30. The van der Waals surface area contributed by atoms with Gasteiger partial charge in [-0.05, 0) is 37.3 Å². The number of fused-ring (bicyclic) bond motifs is 1. The molecule has 0 aliphatic carbocycles. The number of para-hydroxylation sites is 1. The Kier molecular flexibility index (Phi) is 5.75. The van der Waals surface area contributed by atoms with Crippen LogP contribution in [0.4, 0.5) is 0 Å². The largest absolute Gasteiger partial charge is 0.378 e. The first-order chi connectivity index (χ1) is 11.5. The lowest BCUT2D eigenvalue weighted by atomic mass is 10.1. The number of halogens is 1. The lowest BCUT2D eigenvalue weighted by Crippen LogP contribution is -2.37. The van der Waals surface area contributed by atoms with Gasteiger partial charge in [0.1, 0.15) is 0 Å². The van der Waals surface area contributed by atoms with Crippen molar-refractivity contribution >= 4 is 22.5 Å². The Bertz CT molecular complexity index is 693. The molecule has 2 aromatic rings. The number of hydrogen-bond donors (Lipinski definition) is 0. The lowest BCUT2D eigenvalue weighted by molar-refractivity contribution is -0.00602. The Morgan fingerprint density at radius 3 is 2.67 bits per heavy atom. The summed E-state index contributed by atoms with van der Waals surface area (Å²) in [5, 5.41) is 1.96. The third kappa shape index (κ3) is 4.08. The SMILES string of the molecule is Cc1c(Cl)c(CN2CCC(OCC(C)C)CC2)nc2ccccc12. The molecule has 0 atom stereocenters. The van der Waals surface area contributed by atoms with Crippen LogP contribution >= 0.6 is 11.6 Å². The molecule has 3 rings (SSSR count). The predicted molar refractivity (Wildman–Crippen MR) is 101 cm³/mol. The van der Waals surface area contributed by atoms with Crippen molar-refractivity contribution < 1.29 is 4.74 Å². The van der Waals surface area contributed by atoms with Gasteiger partial charge < -0.3 is 4.74 Å². The number of aryl methyl sites for hydroxylation is 1. The predicted octanol–water partition coefficient (Wildman–Crippen LogP) is 4.83. The molecule has 1 aromatic heterocycles. The molecule has 24 heavy (non-hydrogen) atoms. The number of benzene rings is 1. The van der Waals surface area contributed by atoms with E-state index < -0.39 is 0 Å². The van der Waals surface area contributed by atoms with Crippen LogP contribution in [0.2, 0.25) is 5.02 Å². The van der Waals surface area contributed by atoms with Crippen molar-refractivity contribution in [2.75, 3.05) is 19.7 Å². The van der Waals surface area contributed by atoms with E-state index in [4.69, 9.17) is 21.3 Å². The van der Waals surface area contributed by atoms with E-state index in [2.05, 4.69) is 37.8 Å². The van der Waals surface area contributed by atoms with Gasteiger partial charge in [0.05, 0.1) is 22.3 Å². The minimum Gasteiger partial charge on any atom is -0.378 e. The van der Waals surface area contributed by atoms with Crippen molar-refractivity contribution in [1.82, 2.24) is 9.88 Å². The van der Waals surface area contributed by atoms with E-state index in [-0.39, 0.29) is 0 Å². The van der Waals surface area contributed by atoms with Crippen LogP contribution < -0.4 is 0 Å². The number of likely N-dealkylation sites (tertiary alicyclic amines) is 1. The van der Waals surface area contributed by atoms with Gasteiger partial charge in [0, 0.05) is 31.6 Å². The van der Waals surface area contributed by atoms with Gasteiger partial charge in [-0.25, -0.2) is 4.98 Å². The molecule has 0 unspecified atom stereocenters. The van der Waals surface area contributed by atoms with Crippen LogP contribution in [0, 0.1) is 12.8 Å². The molecule has 2 heterocycles. The fourth-order valence-corrected chi connectivity index (χ4v) is 3.50. The summed E-state index contributed by atoms with van der Waals surface area (Å²) >= 11 is 6.59. The number of nitrogens with zero attached hydrogens (tertiary/aromatic N) is 2. The highest BCUT2D eigenvalue weighted by molar-refractivity contribution is 6.32. The van der Waals surface area contributed by atoms with Crippen LogP contribution in [0.25, 0.3) is 10.9 Å². The molecule has 1 aromatic carbocycles. The Morgan fingerprint density at radius 2 is 1.96 bits per heavy atom. The standard InChI is InChI=1S/C20H27ClN2O/c1-14(2)13-24-16-8-10-23(11-9-16)12-19-20(21)15(3)17-6-4-5-7-18(17)22-19/h4-7,14,16H,8-13H2,1-3H3. The maximum atomic E-state index is 6.59. The van der Waals surface area contributed by atoms with Crippen LogP contribution in [-0.2, 0) is 11.3 Å². The second-order valence-electron chi connectivity index (χ2n) is 7.22. The summed E-state index contributed by atoms with van der Waals surface area (Å²) in [6, 6.07) is 8.22. The summed E-state index contributed by atoms with van der Waals surface area (Å²) in [6.45, 7) is 10.3. The Balaban J connectivity index is 1.65. The Morgan fingerprint density at radius 1 is 1.25 bits per heavy atom. The molecule has 0 amide bonds.